The van der Waals surface area contributed by atoms with Crippen LogP contribution < -0.4 is 0 Å². The van der Waals surface area contributed by atoms with E-state index in [1.807, 2.05) is 23.1 Å². The molecule has 0 amide bonds. The Bertz CT molecular complexity index is 393. The maximum Gasteiger partial charge on any atom is 0.0735 e. The monoisotopic (exact) mass is 292 g/mol. The molecule has 0 aliphatic carbocycles. The highest BCUT2D eigenvalue weighted by atomic mass is 35.5. The SMILES string of the molecule is ClCSc1ccc(CSc2cccs2)s1. The fraction of sp³-hybridized carbons (Fsp3) is 0.200. The lowest BCUT2D eigenvalue weighted by Crippen LogP contribution is -1.68. The van der Waals surface area contributed by atoms with Crippen molar-refractivity contribution in [3.05, 3.63) is 34.5 Å². The van der Waals surface area contributed by atoms with Crippen molar-refractivity contribution in [2.75, 3.05) is 5.21 Å². The molecule has 80 valence electrons. The predicted octanol–water partition coefficient (Wildman–Crippen LogP) is 5.39. The van der Waals surface area contributed by atoms with Crippen LogP contribution in [0.4, 0.5) is 0 Å². The molecule has 0 N–H and O–H groups in total. The first-order chi connectivity index (χ1) is 7.38. The third-order valence-electron chi connectivity index (χ3n) is 1.69. The summed E-state index contributed by atoms with van der Waals surface area (Å²) in [7, 11) is 0. The van der Waals surface area contributed by atoms with Gasteiger partial charge in [-0.25, -0.2) is 0 Å². The van der Waals surface area contributed by atoms with E-state index in [2.05, 4.69) is 29.6 Å². The van der Waals surface area contributed by atoms with Crippen LogP contribution in [0.2, 0.25) is 0 Å². The fourth-order valence-electron chi connectivity index (χ4n) is 1.06. The smallest absolute Gasteiger partial charge is 0.0735 e. The molecule has 0 fully saturated rings. The molecule has 15 heavy (non-hydrogen) atoms. The van der Waals surface area contributed by atoms with Crippen molar-refractivity contribution in [1.29, 1.82) is 0 Å². The Morgan fingerprint density at radius 2 is 2.07 bits per heavy atom. The maximum atomic E-state index is 5.67. The van der Waals surface area contributed by atoms with E-state index in [0.717, 1.165) is 5.75 Å². The summed E-state index contributed by atoms with van der Waals surface area (Å²) in [6.45, 7) is 0. The van der Waals surface area contributed by atoms with Gasteiger partial charge in [-0.1, -0.05) is 17.8 Å². The molecule has 0 aromatic carbocycles. The molecule has 0 saturated carbocycles. The number of hydrogen-bond donors (Lipinski definition) is 0. The van der Waals surface area contributed by atoms with Gasteiger partial charge >= 0.3 is 0 Å². The summed E-state index contributed by atoms with van der Waals surface area (Å²) in [5.74, 6) is 1.06. The highest BCUT2D eigenvalue weighted by Gasteiger charge is 2.01. The molecule has 2 aromatic heterocycles. The molecular weight excluding hydrogens is 284 g/mol. The molecule has 0 aliphatic rings. The van der Waals surface area contributed by atoms with Gasteiger partial charge in [0.15, 0.2) is 0 Å². The summed E-state index contributed by atoms with van der Waals surface area (Å²) in [4.78, 5) is 1.42. The van der Waals surface area contributed by atoms with Crippen LogP contribution in [0.3, 0.4) is 0 Å². The van der Waals surface area contributed by atoms with E-state index in [1.54, 1.807) is 23.1 Å². The number of thioether (sulfide) groups is 2. The lowest BCUT2D eigenvalue weighted by Gasteiger charge is -1.94. The zero-order valence-corrected chi connectivity index (χ0v) is 11.8. The molecule has 0 saturated heterocycles. The van der Waals surface area contributed by atoms with E-state index in [1.165, 1.54) is 13.3 Å². The largest absolute Gasteiger partial charge is 0.137 e. The molecule has 0 spiro atoms. The van der Waals surface area contributed by atoms with Crippen molar-refractivity contribution in [3.8, 4) is 0 Å². The lowest BCUT2D eigenvalue weighted by molar-refractivity contribution is 1.53. The van der Waals surface area contributed by atoms with Crippen molar-refractivity contribution in [1.82, 2.24) is 0 Å². The van der Waals surface area contributed by atoms with Crippen LogP contribution in [0.5, 0.6) is 0 Å². The lowest BCUT2D eigenvalue weighted by atomic mass is 10.5. The third kappa shape index (κ3) is 3.71. The highest BCUT2D eigenvalue weighted by Crippen LogP contribution is 2.33. The quantitative estimate of drug-likeness (QED) is 0.535. The third-order valence-corrected chi connectivity index (χ3v) is 6.39. The Balaban J connectivity index is 1.88. The normalized spacial score (nSPS) is 10.7. The first kappa shape index (κ1) is 11.9. The van der Waals surface area contributed by atoms with E-state index in [9.17, 15) is 0 Å². The summed E-state index contributed by atoms with van der Waals surface area (Å²) < 4.78 is 2.70. The van der Waals surface area contributed by atoms with Crippen molar-refractivity contribution >= 4 is 57.8 Å². The zero-order valence-electron chi connectivity index (χ0n) is 7.81. The molecule has 2 heterocycles. The standard InChI is InChI=1S/C10H9ClS4/c11-7-14-10-4-3-8(15-10)6-13-9-2-1-5-12-9/h1-5H,6-7H2. The molecular formula is C10H9ClS4. The summed E-state index contributed by atoms with van der Waals surface area (Å²) in [6.07, 6.45) is 0. The number of hydrogen-bond acceptors (Lipinski definition) is 4. The fourth-order valence-corrected chi connectivity index (χ4v) is 5.17. The van der Waals surface area contributed by atoms with Crippen LogP contribution in [0.1, 0.15) is 4.88 Å². The minimum Gasteiger partial charge on any atom is -0.137 e. The minimum atomic E-state index is 0.637. The maximum absolute atomic E-state index is 5.67. The Labute approximate surface area is 111 Å². The Morgan fingerprint density at radius 3 is 2.80 bits per heavy atom. The summed E-state index contributed by atoms with van der Waals surface area (Å²) in [6, 6.07) is 8.61. The van der Waals surface area contributed by atoms with Crippen LogP contribution in [0, 0.1) is 0 Å². The second-order valence-electron chi connectivity index (χ2n) is 2.69. The van der Waals surface area contributed by atoms with Gasteiger partial charge in [0.05, 0.1) is 13.6 Å². The molecule has 2 aromatic rings. The second kappa shape index (κ2) is 6.21. The van der Waals surface area contributed by atoms with E-state index in [4.69, 9.17) is 11.6 Å². The predicted molar refractivity (Wildman–Crippen MR) is 74.8 cm³/mol. The molecule has 5 heteroatoms. The molecule has 0 unspecified atom stereocenters. The molecule has 0 atom stereocenters. The number of alkyl halides is 1. The average Bonchev–Trinajstić information content (AvgIpc) is 2.85. The van der Waals surface area contributed by atoms with Crippen molar-refractivity contribution in [3.63, 3.8) is 0 Å². The van der Waals surface area contributed by atoms with Gasteiger partial charge in [0.2, 0.25) is 0 Å². The zero-order chi connectivity index (χ0) is 10.5. The van der Waals surface area contributed by atoms with Crippen LogP contribution in [-0.4, -0.2) is 5.21 Å². The van der Waals surface area contributed by atoms with E-state index in [-0.39, 0.29) is 0 Å². The number of thiophene rings is 2. The second-order valence-corrected chi connectivity index (χ2v) is 7.95. The van der Waals surface area contributed by atoms with Crippen LogP contribution in [0.25, 0.3) is 0 Å². The van der Waals surface area contributed by atoms with Crippen molar-refractivity contribution in [2.45, 2.75) is 14.2 Å². The first-order valence-electron chi connectivity index (χ1n) is 4.32. The van der Waals surface area contributed by atoms with Crippen LogP contribution >= 0.6 is 57.8 Å². The van der Waals surface area contributed by atoms with Gasteiger partial charge in [-0.15, -0.1) is 46.0 Å². The Kier molecular flexibility index (Phi) is 4.91. The van der Waals surface area contributed by atoms with E-state index >= 15 is 0 Å². The van der Waals surface area contributed by atoms with E-state index in [0.29, 0.717) is 5.21 Å². The first-order valence-corrected chi connectivity index (χ1v) is 8.52. The van der Waals surface area contributed by atoms with Gasteiger partial charge in [0, 0.05) is 10.6 Å². The van der Waals surface area contributed by atoms with Gasteiger partial charge in [0.1, 0.15) is 0 Å². The minimum absolute atomic E-state index is 0.637. The molecule has 0 nitrogen and oxygen atoms in total. The molecule has 0 aliphatic heterocycles. The van der Waals surface area contributed by atoms with Gasteiger partial charge in [-0.05, 0) is 23.6 Å². The number of halogens is 1. The van der Waals surface area contributed by atoms with Crippen molar-refractivity contribution < 1.29 is 0 Å². The molecule has 0 radical (unpaired) electrons. The van der Waals surface area contributed by atoms with Gasteiger partial charge in [0.25, 0.3) is 0 Å². The molecule has 2 rings (SSSR count). The highest BCUT2D eigenvalue weighted by molar-refractivity contribution is 8.02. The van der Waals surface area contributed by atoms with Crippen LogP contribution in [-0.2, 0) is 5.75 Å². The van der Waals surface area contributed by atoms with Gasteiger partial charge < -0.3 is 0 Å². The van der Waals surface area contributed by atoms with Gasteiger partial charge in [-0.3, -0.25) is 0 Å². The summed E-state index contributed by atoms with van der Waals surface area (Å²) in [5.41, 5.74) is 0. The average molecular weight is 293 g/mol. The summed E-state index contributed by atoms with van der Waals surface area (Å²) >= 11 is 12.9. The topological polar surface area (TPSA) is 0 Å². The Morgan fingerprint density at radius 1 is 1.13 bits per heavy atom. The van der Waals surface area contributed by atoms with E-state index < -0.39 is 0 Å². The van der Waals surface area contributed by atoms with Crippen LogP contribution in [0.15, 0.2) is 38.1 Å². The summed E-state index contributed by atoms with van der Waals surface area (Å²) in [5, 5.41) is 2.75. The van der Waals surface area contributed by atoms with Gasteiger partial charge in [-0.2, -0.15) is 0 Å². The molecule has 0 bridgehead atoms. The Hall–Kier alpha value is 0.390. The number of rotatable bonds is 5. The van der Waals surface area contributed by atoms with Crippen molar-refractivity contribution in [2.24, 2.45) is 0 Å².